The zero-order chi connectivity index (χ0) is 27.1. The number of fused-ring (bicyclic) bond motifs is 1. The number of hydrogen-bond acceptors (Lipinski definition) is 4. The zero-order valence-corrected chi connectivity index (χ0v) is 22.8. The Balaban J connectivity index is 0.00000154. The molecule has 1 heterocycles. The molecular formula is C28H40F3NO3S. The quantitative estimate of drug-likeness (QED) is 0.376. The zero-order valence-electron chi connectivity index (χ0n) is 22.0. The van der Waals surface area contributed by atoms with Crippen LogP contribution >= 0.6 is 11.8 Å². The van der Waals surface area contributed by atoms with Crippen molar-refractivity contribution in [1.82, 2.24) is 4.90 Å². The standard InChI is InChI=1S/C24H28F3NO3S.2C2H6/c1-2-22(18-3-6-20(7-4-18)24(25,26)27)32-14-13-28-11-9-17-5-8-21(31-16-23(29)30)15-19(17)10-12-28;2*1-2/h2-7,15,21H,8-14,16H2,1H3,(H,29,30);2*1-2H3/b22-2-;;. The van der Waals surface area contributed by atoms with Crippen molar-refractivity contribution in [2.24, 2.45) is 0 Å². The number of carboxylic acid groups (broad SMARTS) is 1. The third kappa shape index (κ3) is 10.5. The fourth-order valence-electron chi connectivity index (χ4n) is 3.92. The van der Waals surface area contributed by atoms with Crippen molar-refractivity contribution in [2.75, 3.05) is 32.0 Å². The molecule has 8 heteroatoms. The van der Waals surface area contributed by atoms with Gasteiger partial charge < -0.3 is 14.7 Å². The fraction of sp³-hybridized carbons (Fsp3) is 0.536. The van der Waals surface area contributed by atoms with Crippen LogP contribution in [0.4, 0.5) is 13.2 Å². The van der Waals surface area contributed by atoms with Crippen LogP contribution in [0.15, 0.2) is 53.6 Å². The van der Waals surface area contributed by atoms with Gasteiger partial charge in [-0.1, -0.05) is 58.1 Å². The van der Waals surface area contributed by atoms with Gasteiger partial charge >= 0.3 is 12.1 Å². The molecule has 2 aliphatic rings. The number of carbonyl (C=O) groups is 1. The molecule has 0 bridgehead atoms. The number of allylic oxidation sites excluding steroid dienone is 1. The molecule has 1 aliphatic carbocycles. The summed E-state index contributed by atoms with van der Waals surface area (Å²) < 4.78 is 43.8. The first-order chi connectivity index (χ1) is 17.3. The summed E-state index contributed by atoms with van der Waals surface area (Å²) >= 11 is 1.66. The maximum Gasteiger partial charge on any atom is 0.416 e. The van der Waals surface area contributed by atoms with E-state index >= 15 is 0 Å². The second-order valence-electron chi connectivity index (χ2n) is 7.82. The summed E-state index contributed by atoms with van der Waals surface area (Å²) in [6, 6.07) is 5.32. The van der Waals surface area contributed by atoms with Gasteiger partial charge in [-0.25, -0.2) is 4.79 Å². The van der Waals surface area contributed by atoms with Gasteiger partial charge in [0.2, 0.25) is 0 Å². The molecule has 36 heavy (non-hydrogen) atoms. The van der Waals surface area contributed by atoms with E-state index in [4.69, 9.17) is 9.84 Å². The number of benzene rings is 1. The first-order valence-corrected chi connectivity index (χ1v) is 13.7. The Hall–Kier alpha value is -2.03. The van der Waals surface area contributed by atoms with E-state index in [0.29, 0.717) is 6.42 Å². The van der Waals surface area contributed by atoms with Gasteiger partial charge in [-0.3, -0.25) is 0 Å². The average molecular weight is 528 g/mol. The van der Waals surface area contributed by atoms with Gasteiger partial charge in [0.25, 0.3) is 0 Å². The predicted molar refractivity (Wildman–Crippen MR) is 144 cm³/mol. The van der Waals surface area contributed by atoms with Gasteiger partial charge in [0.1, 0.15) is 6.61 Å². The molecule has 1 aliphatic heterocycles. The molecule has 0 amide bonds. The fourth-order valence-corrected chi connectivity index (χ4v) is 4.96. The van der Waals surface area contributed by atoms with E-state index in [9.17, 15) is 18.0 Å². The molecule has 1 unspecified atom stereocenters. The Morgan fingerprint density at radius 1 is 1.11 bits per heavy atom. The van der Waals surface area contributed by atoms with Crippen molar-refractivity contribution in [3.8, 4) is 0 Å². The number of halogens is 3. The molecule has 0 spiro atoms. The smallest absolute Gasteiger partial charge is 0.416 e. The third-order valence-electron chi connectivity index (χ3n) is 5.64. The normalized spacial score (nSPS) is 18.3. The highest BCUT2D eigenvalue weighted by Crippen LogP contribution is 2.33. The Kier molecular flexibility index (Phi) is 14.8. The average Bonchev–Trinajstić information content (AvgIpc) is 3.09. The first-order valence-electron chi connectivity index (χ1n) is 12.7. The molecule has 4 nitrogen and oxygen atoms in total. The predicted octanol–water partition coefficient (Wildman–Crippen LogP) is 7.67. The van der Waals surface area contributed by atoms with E-state index < -0.39 is 17.7 Å². The number of carboxylic acids is 1. The Bertz CT molecular complexity index is 892. The lowest BCUT2D eigenvalue weighted by molar-refractivity contribution is -0.143. The van der Waals surface area contributed by atoms with Crippen LogP contribution in [0.25, 0.3) is 4.91 Å². The van der Waals surface area contributed by atoms with Crippen molar-refractivity contribution in [2.45, 2.75) is 66.2 Å². The molecule has 1 saturated heterocycles. The monoisotopic (exact) mass is 527 g/mol. The van der Waals surface area contributed by atoms with E-state index in [-0.39, 0.29) is 12.7 Å². The van der Waals surface area contributed by atoms with Gasteiger partial charge in [-0.15, -0.1) is 11.8 Å². The highest BCUT2D eigenvalue weighted by molar-refractivity contribution is 8.08. The van der Waals surface area contributed by atoms with Crippen LogP contribution in [0.1, 0.15) is 65.0 Å². The summed E-state index contributed by atoms with van der Waals surface area (Å²) in [5.41, 5.74) is 2.75. The van der Waals surface area contributed by atoms with Gasteiger partial charge in [0, 0.05) is 30.3 Å². The molecule has 1 aromatic carbocycles. The van der Waals surface area contributed by atoms with Gasteiger partial charge in [0.05, 0.1) is 11.7 Å². The van der Waals surface area contributed by atoms with Crippen molar-refractivity contribution in [1.29, 1.82) is 0 Å². The van der Waals surface area contributed by atoms with E-state index in [1.54, 1.807) is 11.8 Å². The first kappa shape index (κ1) is 32.0. The van der Waals surface area contributed by atoms with E-state index in [2.05, 4.69) is 17.1 Å². The maximum atomic E-state index is 12.8. The molecule has 0 radical (unpaired) electrons. The highest BCUT2D eigenvalue weighted by atomic mass is 32.2. The molecular weight excluding hydrogens is 487 g/mol. The third-order valence-corrected chi connectivity index (χ3v) is 6.80. The molecule has 1 aromatic rings. The minimum atomic E-state index is -4.32. The SMILES string of the molecule is C/C=C(\SCCN1CCC2=CCC(OCC(=O)O)C=C2CC1)c1ccc(C(F)(F)F)cc1.CC.CC. The van der Waals surface area contributed by atoms with E-state index in [1.165, 1.54) is 23.3 Å². The summed E-state index contributed by atoms with van der Waals surface area (Å²) in [5, 5.41) is 8.79. The number of hydrogen-bond donors (Lipinski definition) is 1. The second-order valence-corrected chi connectivity index (χ2v) is 8.96. The molecule has 1 N–H and O–H groups in total. The maximum absolute atomic E-state index is 12.8. The van der Waals surface area contributed by atoms with Crippen molar-refractivity contribution >= 4 is 22.6 Å². The van der Waals surface area contributed by atoms with Crippen LogP contribution in [0.2, 0.25) is 0 Å². The molecule has 0 aromatic heterocycles. The van der Waals surface area contributed by atoms with Crippen LogP contribution in [-0.4, -0.2) is 54.1 Å². The lowest BCUT2D eigenvalue weighted by atomic mass is 9.93. The van der Waals surface area contributed by atoms with Crippen LogP contribution in [-0.2, 0) is 15.7 Å². The minimum Gasteiger partial charge on any atom is -0.480 e. The number of rotatable bonds is 8. The summed E-state index contributed by atoms with van der Waals surface area (Å²) in [5.74, 6) is -0.108. The molecule has 1 atom stereocenters. The Morgan fingerprint density at radius 2 is 1.72 bits per heavy atom. The summed E-state index contributed by atoms with van der Waals surface area (Å²) in [7, 11) is 0. The molecule has 0 saturated carbocycles. The van der Waals surface area contributed by atoms with E-state index in [1.807, 2.05) is 40.7 Å². The van der Waals surface area contributed by atoms with Crippen molar-refractivity contribution in [3.63, 3.8) is 0 Å². The van der Waals surface area contributed by atoms with Gasteiger partial charge in [-0.05, 0) is 55.0 Å². The number of nitrogens with zero attached hydrogens (tertiary/aromatic N) is 1. The van der Waals surface area contributed by atoms with Crippen LogP contribution in [0.3, 0.4) is 0 Å². The topological polar surface area (TPSA) is 49.8 Å². The van der Waals surface area contributed by atoms with Crippen molar-refractivity contribution < 1.29 is 27.8 Å². The molecule has 1 fully saturated rings. The van der Waals surface area contributed by atoms with Gasteiger partial charge in [-0.2, -0.15) is 13.2 Å². The summed E-state index contributed by atoms with van der Waals surface area (Å²) in [6.07, 6.45) is 4.25. The van der Waals surface area contributed by atoms with Crippen LogP contribution < -0.4 is 0 Å². The van der Waals surface area contributed by atoms with E-state index in [0.717, 1.165) is 60.8 Å². The summed E-state index contributed by atoms with van der Waals surface area (Å²) in [6.45, 7) is 12.4. The minimum absolute atomic E-state index is 0.173. The Labute approximate surface area is 218 Å². The van der Waals surface area contributed by atoms with Crippen LogP contribution in [0, 0.1) is 0 Å². The summed E-state index contributed by atoms with van der Waals surface area (Å²) in [4.78, 5) is 14.1. The second kappa shape index (κ2) is 16.7. The number of thioether (sulfide) groups is 1. The lowest BCUT2D eigenvalue weighted by Crippen LogP contribution is -2.27. The van der Waals surface area contributed by atoms with Crippen LogP contribution in [0.5, 0.6) is 0 Å². The molecule has 3 rings (SSSR count). The molecule has 202 valence electrons. The number of likely N-dealkylation sites (tertiary alicyclic amines) is 1. The number of ether oxygens (including phenoxy) is 1. The largest absolute Gasteiger partial charge is 0.480 e. The number of alkyl halides is 3. The lowest BCUT2D eigenvalue weighted by Gasteiger charge is -2.20. The number of aliphatic carboxylic acids is 1. The van der Waals surface area contributed by atoms with Gasteiger partial charge in [0.15, 0.2) is 0 Å². The van der Waals surface area contributed by atoms with Crippen molar-refractivity contribution in [3.05, 3.63) is 64.8 Å². The Morgan fingerprint density at radius 3 is 2.28 bits per heavy atom. The highest BCUT2D eigenvalue weighted by Gasteiger charge is 2.30.